The SMILES string of the molecule is Cn1c(C(=O)N[C@@H]2COC[C@@H]2NC(=O)c2ccc(C(=O)O)c(=O)n2OCc2ccccc2)ccc(C(=O)O)c1=O. The Morgan fingerprint density at radius 2 is 1.35 bits per heavy atom. The summed E-state index contributed by atoms with van der Waals surface area (Å²) in [5, 5.41) is 23.8. The van der Waals surface area contributed by atoms with Crippen LogP contribution in [-0.4, -0.2) is 68.6 Å². The number of benzene rings is 1. The highest BCUT2D eigenvalue weighted by atomic mass is 16.7. The fraction of sp³-hybridized carbons (Fsp3) is 0.231. The van der Waals surface area contributed by atoms with Crippen LogP contribution in [-0.2, 0) is 18.4 Å². The van der Waals surface area contributed by atoms with Gasteiger partial charge in [-0.05, 0) is 29.8 Å². The minimum absolute atomic E-state index is 0.00408. The van der Waals surface area contributed by atoms with E-state index in [0.717, 1.165) is 22.8 Å². The largest absolute Gasteiger partial charge is 0.477 e. The topological polar surface area (TPSA) is 195 Å². The Bertz CT molecular complexity index is 1600. The molecule has 14 heteroatoms. The third-order valence-corrected chi connectivity index (χ3v) is 6.19. The van der Waals surface area contributed by atoms with Crippen molar-refractivity contribution in [1.82, 2.24) is 19.9 Å². The average molecular weight is 552 g/mol. The highest BCUT2D eigenvalue weighted by Gasteiger charge is 2.33. The molecule has 0 unspecified atom stereocenters. The number of carboxylic acids is 2. The lowest BCUT2D eigenvalue weighted by atomic mass is 10.1. The number of nitrogens with one attached hydrogen (secondary N) is 2. The molecule has 0 saturated carbocycles. The Morgan fingerprint density at radius 3 is 1.93 bits per heavy atom. The lowest BCUT2D eigenvalue weighted by molar-refractivity contribution is 0.0627. The molecule has 0 bridgehead atoms. The maximum Gasteiger partial charge on any atom is 0.341 e. The molecule has 1 aliphatic rings. The van der Waals surface area contributed by atoms with E-state index >= 15 is 0 Å². The summed E-state index contributed by atoms with van der Waals surface area (Å²) in [6, 6.07) is 11.5. The van der Waals surface area contributed by atoms with Crippen molar-refractivity contribution >= 4 is 23.8 Å². The number of carbonyl (C=O) groups excluding carboxylic acids is 2. The van der Waals surface area contributed by atoms with Crippen LogP contribution in [0.25, 0.3) is 0 Å². The Hall–Kier alpha value is -5.24. The number of carboxylic acid groups (broad SMARTS) is 2. The molecular formula is C26H24N4O10. The zero-order valence-corrected chi connectivity index (χ0v) is 21.0. The number of aromatic nitrogens is 2. The van der Waals surface area contributed by atoms with Crippen LogP contribution >= 0.6 is 0 Å². The monoisotopic (exact) mass is 552 g/mol. The standard InChI is InChI=1S/C26H24N4O10/c1-29-19(9-7-15(23(29)33)25(35)36)21(31)27-17-12-39-13-18(17)28-22(32)20-10-8-16(26(37)38)24(34)30(20)40-11-14-5-3-2-4-6-14/h2-10,17-18H,11-13H2,1H3,(H,27,31)(H,28,32)(H,35,36)(H,37,38)/t17-,18+/m1/s1. The second-order valence-electron chi connectivity index (χ2n) is 8.79. The normalized spacial score (nSPS) is 16.2. The van der Waals surface area contributed by atoms with Crippen LogP contribution in [0.15, 0.2) is 64.2 Å². The number of hydrogen-bond acceptors (Lipinski definition) is 8. The van der Waals surface area contributed by atoms with Gasteiger partial charge in [0.2, 0.25) is 0 Å². The molecule has 2 atom stereocenters. The maximum absolute atomic E-state index is 13.2. The average Bonchev–Trinajstić information content (AvgIpc) is 3.35. The predicted octanol–water partition coefficient (Wildman–Crippen LogP) is -0.501. The van der Waals surface area contributed by atoms with E-state index in [1.54, 1.807) is 30.3 Å². The van der Waals surface area contributed by atoms with Gasteiger partial charge in [0, 0.05) is 7.05 Å². The minimum atomic E-state index is -1.49. The van der Waals surface area contributed by atoms with E-state index in [0.29, 0.717) is 10.3 Å². The van der Waals surface area contributed by atoms with E-state index in [9.17, 15) is 33.9 Å². The van der Waals surface area contributed by atoms with Gasteiger partial charge in [-0.2, -0.15) is 0 Å². The molecule has 0 aliphatic carbocycles. The molecule has 1 aromatic carbocycles. The molecular weight excluding hydrogens is 528 g/mol. The predicted molar refractivity (Wildman–Crippen MR) is 136 cm³/mol. The van der Waals surface area contributed by atoms with Gasteiger partial charge in [0.15, 0.2) is 0 Å². The van der Waals surface area contributed by atoms with Crippen molar-refractivity contribution in [3.8, 4) is 0 Å². The summed E-state index contributed by atoms with van der Waals surface area (Å²) in [6.45, 7) is -0.127. The fourth-order valence-corrected chi connectivity index (χ4v) is 4.04. The van der Waals surface area contributed by atoms with E-state index in [4.69, 9.17) is 14.7 Å². The first kappa shape index (κ1) is 27.8. The van der Waals surface area contributed by atoms with Crippen molar-refractivity contribution < 1.29 is 39.0 Å². The van der Waals surface area contributed by atoms with Gasteiger partial charge in [0.1, 0.15) is 29.1 Å². The van der Waals surface area contributed by atoms with E-state index in [1.165, 1.54) is 13.1 Å². The molecule has 1 fully saturated rings. The molecule has 3 aromatic rings. The molecule has 4 rings (SSSR count). The lowest BCUT2D eigenvalue weighted by Crippen LogP contribution is -2.52. The van der Waals surface area contributed by atoms with Crippen molar-refractivity contribution in [2.24, 2.45) is 7.05 Å². The molecule has 4 N–H and O–H groups in total. The van der Waals surface area contributed by atoms with Crippen molar-refractivity contribution in [3.05, 3.63) is 103 Å². The molecule has 40 heavy (non-hydrogen) atoms. The molecule has 1 aliphatic heterocycles. The van der Waals surface area contributed by atoms with Crippen LogP contribution in [0.1, 0.15) is 47.3 Å². The third-order valence-electron chi connectivity index (χ3n) is 6.19. The fourth-order valence-electron chi connectivity index (χ4n) is 4.04. The van der Waals surface area contributed by atoms with Gasteiger partial charge >= 0.3 is 11.9 Å². The lowest BCUT2D eigenvalue weighted by Gasteiger charge is -2.22. The van der Waals surface area contributed by atoms with Crippen molar-refractivity contribution in [1.29, 1.82) is 0 Å². The summed E-state index contributed by atoms with van der Waals surface area (Å²) < 4.78 is 6.91. The first-order valence-corrected chi connectivity index (χ1v) is 11.9. The maximum atomic E-state index is 13.2. The number of amides is 2. The summed E-state index contributed by atoms with van der Waals surface area (Å²) in [7, 11) is 1.25. The van der Waals surface area contributed by atoms with E-state index in [1.807, 2.05) is 0 Å². The van der Waals surface area contributed by atoms with Gasteiger partial charge < -0.3 is 35.0 Å². The Kier molecular flexibility index (Phi) is 8.09. The van der Waals surface area contributed by atoms with Gasteiger partial charge in [-0.25, -0.2) is 9.59 Å². The number of nitrogens with zero attached hydrogens (tertiary/aromatic N) is 2. The number of pyridine rings is 2. The Morgan fingerprint density at radius 1 is 0.825 bits per heavy atom. The summed E-state index contributed by atoms with van der Waals surface area (Å²) >= 11 is 0. The molecule has 14 nitrogen and oxygen atoms in total. The molecule has 0 radical (unpaired) electrons. The quantitative estimate of drug-likeness (QED) is 0.269. The Labute approximate surface area is 225 Å². The van der Waals surface area contributed by atoms with Gasteiger partial charge in [0.05, 0.1) is 25.3 Å². The van der Waals surface area contributed by atoms with E-state index in [2.05, 4.69) is 10.6 Å². The second kappa shape index (κ2) is 11.7. The molecule has 2 aromatic heterocycles. The number of hydrogen-bond donors (Lipinski definition) is 4. The van der Waals surface area contributed by atoms with Crippen LogP contribution in [0.4, 0.5) is 0 Å². The smallest absolute Gasteiger partial charge is 0.341 e. The van der Waals surface area contributed by atoms with Gasteiger partial charge in [-0.1, -0.05) is 30.3 Å². The van der Waals surface area contributed by atoms with E-state index < -0.39 is 58.1 Å². The number of rotatable bonds is 9. The molecule has 208 valence electrons. The number of ether oxygens (including phenoxy) is 1. The van der Waals surface area contributed by atoms with Crippen molar-refractivity contribution in [3.63, 3.8) is 0 Å². The minimum Gasteiger partial charge on any atom is -0.477 e. The van der Waals surface area contributed by atoms with Crippen LogP contribution in [0.5, 0.6) is 0 Å². The summed E-state index contributed by atoms with van der Waals surface area (Å²) in [6.07, 6.45) is 0. The zero-order valence-electron chi connectivity index (χ0n) is 21.0. The van der Waals surface area contributed by atoms with Crippen molar-refractivity contribution in [2.45, 2.75) is 18.7 Å². The second-order valence-corrected chi connectivity index (χ2v) is 8.79. The van der Waals surface area contributed by atoms with Crippen LogP contribution in [0.3, 0.4) is 0 Å². The van der Waals surface area contributed by atoms with E-state index in [-0.39, 0.29) is 31.2 Å². The zero-order chi connectivity index (χ0) is 29.0. The number of aromatic carboxylic acids is 2. The summed E-state index contributed by atoms with van der Waals surface area (Å²) in [5.41, 5.74) is -2.74. The molecule has 2 amide bonds. The molecule has 1 saturated heterocycles. The van der Waals surface area contributed by atoms with Crippen molar-refractivity contribution in [2.75, 3.05) is 13.2 Å². The summed E-state index contributed by atoms with van der Waals surface area (Å²) in [4.78, 5) is 79.3. The first-order chi connectivity index (χ1) is 19.1. The summed E-state index contributed by atoms with van der Waals surface area (Å²) in [5.74, 6) is -4.43. The first-order valence-electron chi connectivity index (χ1n) is 11.9. The molecule has 3 heterocycles. The third kappa shape index (κ3) is 5.76. The van der Waals surface area contributed by atoms with Crippen LogP contribution < -0.4 is 26.6 Å². The van der Waals surface area contributed by atoms with Gasteiger partial charge in [-0.15, -0.1) is 4.73 Å². The van der Waals surface area contributed by atoms with Crippen LogP contribution in [0.2, 0.25) is 0 Å². The van der Waals surface area contributed by atoms with Crippen LogP contribution in [0, 0.1) is 0 Å². The van der Waals surface area contributed by atoms with Gasteiger partial charge in [-0.3, -0.25) is 19.2 Å². The Balaban J connectivity index is 1.53. The highest BCUT2D eigenvalue weighted by Crippen LogP contribution is 2.10. The van der Waals surface area contributed by atoms with Gasteiger partial charge in [0.25, 0.3) is 22.9 Å². The molecule has 0 spiro atoms. The highest BCUT2D eigenvalue weighted by molar-refractivity contribution is 5.95. The number of carbonyl (C=O) groups is 4.